The van der Waals surface area contributed by atoms with E-state index in [4.69, 9.17) is 0 Å². The molecule has 0 saturated heterocycles. The maximum atomic E-state index is 12.5. The summed E-state index contributed by atoms with van der Waals surface area (Å²) in [6.07, 6.45) is -1.90. The number of hydrogen-bond acceptors (Lipinski definition) is 4. The predicted molar refractivity (Wildman–Crippen MR) is 77.3 cm³/mol. The van der Waals surface area contributed by atoms with E-state index in [9.17, 15) is 13.2 Å². The number of thiazole rings is 1. The van der Waals surface area contributed by atoms with Gasteiger partial charge >= 0.3 is 6.18 Å². The number of hydrogen-bond donors (Lipinski definition) is 1. The summed E-state index contributed by atoms with van der Waals surface area (Å²) in [5.41, 5.74) is -0.0285. The highest BCUT2D eigenvalue weighted by atomic mass is 32.1. The highest BCUT2D eigenvalue weighted by Gasteiger charge is 2.31. The second kappa shape index (κ2) is 6.76. The van der Waals surface area contributed by atoms with Crippen molar-refractivity contribution < 1.29 is 13.2 Å². The lowest BCUT2D eigenvalue weighted by molar-refractivity contribution is -0.119. The Balaban J connectivity index is 2.71. The first-order valence-corrected chi connectivity index (χ1v) is 7.44. The molecule has 1 aromatic heterocycles. The molecule has 1 aromatic rings. The SMILES string of the molecule is CCCN(CC(F)(F)F)c1ncc(CNC(C)(C)C)s1. The molecule has 7 heteroatoms. The molecular weight excluding hydrogens is 287 g/mol. The number of nitrogens with one attached hydrogen (secondary N) is 1. The van der Waals surface area contributed by atoms with Crippen molar-refractivity contribution in [3.8, 4) is 0 Å². The second-order valence-electron chi connectivity index (χ2n) is 5.75. The molecule has 1 heterocycles. The Bertz CT molecular complexity index is 410. The average Bonchev–Trinajstić information content (AvgIpc) is 2.71. The van der Waals surface area contributed by atoms with Crippen molar-refractivity contribution in [1.29, 1.82) is 0 Å². The minimum absolute atomic E-state index is 0.0285. The molecule has 0 bridgehead atoms. The molecule has 0 radical (unpaired) electrons. The molecule has 0 amide bonds. The summed E-state index contributed by atoms with van der Waals surface area (Å²) in [6, 6.07) is 0. The molecule has 0 saturated carbocycles. The standard InChI is InChI=1S/C13H22F3N3S/c1-5-6-19(9-13(14,15)16)11-17-7-10(20-11)8-18-12(2,3)4/h7,18H,5-6,8-9H2,1-4H3. The molecule has 1 rings (SSSR count). The third kappa shape index (κ3) is 6.56. The van der Waals surface area contributed by atoms with E-state index < -0.39 is 12.7 Å². The fourth-order valence-corrected chi connectivity index (χ4v) is 2.48. The van der Waals surface area contributed by atoms with E-state index in [0.29, 0.717) is 24.6 Å². The van der Waals surface area contributed by atoms with E-state index in [2.05, 4.69) is 10.3 Å². The quantitative estimate of drug-likeness (QED) is 0.866. The molecule has 0 spiro atoms. The summed E-state index contributed by atoms with van der Waals surface area (Å²) in [4.78, 5) is 6.36. The van der Waals surface area contributed by atoms with Gasteiger partial charge in [-0.3, -0.25) is 0 Å². The van der Waals surface area contributed by atoms with Crippen LogP contribution >= 0.6 is 11.3 Å². The van der Waals surface area contributed by atoms with Crippen LogP contribution in [0.25, 0.3) is 0 Å². The number of aromatic nitrogens is 1. The number of alkyl halides is 3. The van der Waals surface area contributed by atoms with Crippen molar-refractivity contribution >= 4 is 16.5 Å². The molecule has 116 valence electrons. The zero-order valence-electron chi connectivity index (χ0n) is 12.3. The fourth-order valence-electron chi connectivity index (χ4n) is 1.61. The fraction of sp³-hybridized carbons (Fsp3) is 0.769. The van der Waals surface area contributed by atoms with Gasteiger partial charge in [0.2, 0.25) is 0 Å². The largest absolute Gasteiger partial charge is 0.406 e. The van der Waals surface area contributed by atoms with Crippen LogP contribution in [0, 0.1) is 0 Å². The minimum atomic E-state index is -4.20. The Kier molecular flexibility index (Phi) is 5.82. The van der Waals surface area contributed by atoms with Crippen LogP contribution in [0.4, 0.5) is 18.3 Å². The molecular formula is C13H22F3N3S. The van der Waals surface area contributed by atoms with Crippen LogP contribution in [0.5, 0.6) is 0 Å². The van der Waals surface area contributed by atoms with E-state index in [1.807, 2.05) is 27.7 Å². The van der Waals surface area contributed by atoms with Gasteiger partial charge in [0.25, 0.3) is 0 Å². The van der Waals surface area contributed by atoms with Gasteiger partial charge in [-0.05, 0) is 27.2 Å². The third-order valence-corrected chi connectivity index (χ3v) is 3.53. The summed E-state index contributed by atoms with van der Waals surface area (Å²) in [6.45, 7) is 8.03. The van der Waals surface area contributed by atoms with E-state index in [-0.39, 0.29) is 5.54 Å². The van der Waals surface area contributed by atoms with Gasteiger partial charge in [-0.15, -0.1) is 11.3 Å². The highest BCUT2D eigenvalue weighted by Crippen LogP contribution is 2.26. The topological polar surface area (TPSA) is 28.2 Å². The molecule has 0 aromatic carbocycles. The van der Waals surface area contributed by atoms with E-state index >= 15 is 0 Å². The number of halogens is 3. The number of rotatable bonds is 6. The summed E-state index contributed by atoms with van der Waals surface area (Å²) in [5, 5.41) is 3.74. The zero-order valence-corrected chi connectivity index (χ0v) is 13.2. The molecule has 0 atom stereocenters. The van der Waals surface area contributed by atoms with E-state index in [1.54, 1.807) is 6.20 Å². The van der Waals surface area contributed by atoms with Crippen molar-refractivity contribution in [1.82, 2.24) is 10.3 Å². The van der Waals surface area contributed by atoms with E-state index in [1.165, 1.54) is 16.2 Å². The average molecular weight is 309 g/mol. The molecule has 0 aliphatic heterocycles. The predicted octanol–water partition coefficient (Wildman–Crippen LogP) is 3.81. The maximum absolute atomic E-state index is 12.5. The van der Waals surface area contributed by atoms with Gasteiger partial charge in [-0.2, -0.15) is 13.2 Å². The Morgan fingerprint density at radius 1 is 1.30 bits per heavy atom. The van der Waals surface area contributed by atoms with Crippen LogP contribution in [0.15, 0.2) is 6.20 Å². The van der Waals surface area contributed by atoms with Gasteiger partial charge in [0.05, 0.1) is 0 Å². The van der Waals surface area contributed by atoms with Crippen molar-refractivity contribution in [2.75, 3.05) is 18.0 Å². The summed E-state index contributed by atoms with van der Waals surface area (Å²) >= 11 is 1.31. The van der Waals surface area contributed by atoms with Crippen LogP contribution in [0.2, 0.25) is 0 Å². The molecule has 1 N–H and O–H groups in total. The molecule has 0 aliphatic carbocycles. The Hall–Kier alpha value is -0.820. The Labute approximate surface area is 122 Å². The number of nitrogens with zero attached hydrogens (tertiary/aromatic N) is 2. The van der Waals surface area contributed by atoms with Crippen molar-refractivity contribution in [2.24, 2.45) is 0 Å². The molecule has 0 fully saturated rings. The lowest BCUT2D eigenvalue weighted by Gasteiger charge is -2.22. The first kappa shape index (κ1) is 17.2. The first-order valence-electron chi connectivity index (χ1n) is 6.62. The van der Waals surface area contributed by atoms with Gasteiger partial charge in [-0.1, -0.05) is 6.92 Å². The Morgan fingerprint density at radius 3 is 2.45 bits per heavy atom. The lowest BCUT2D eigenvalue weighted by atomic mass is 10.1. The smallest absolute Gasteiger partial charge is 0.339 e. The summed E-state index contributed by atoms with van der Waals surface area (Å²) < 4.78 is 37.6. The van der Waals surface area contributed by atoms with Crippen molar-refractivity contribution in [2.45, 2.75) is 52.4 Å². The normalized spacial score (nSPS) is 12.8. The lowest BCUT2D eigenvalue weighted by Crippen LogP contribution is -2.35. The molecule has 20 heavy (non-hydrogen) atoms. The first-order chi connectivity index (χ1) is 9.11. The van der Waals surface area contributed by atoms with Crippen LogP contribution in [0.3, 0.4) is 0 Å². The second-order valence-corrected chi connectivity index (χ2v) is 6.84. The maximum Gasteiger partial charge on any atom is 0.406 e. The van der Waals surface area contributed by atoms with Crippen LogP contribution < -0.4 is 10.2 Å². The Morgan fingerprint density at radius 2 is 1.95 bits per heavy atom. The monoisotopic (exact) mass is 309 g/mol. The van der Waals surface area contributed by atoms with Gasteiger partial charge < -0.3 is 10.2 Å². The van der Waals surface area contributed by atoms with Crippen LogP contribution in [0.1, 0.15) is 39.0 Å². The van der Waals surface area contributed by atoms with Crippen LogP contribution in [-0.4, -0.2) is 29.8 Å². The summed E-state index contributed by atoms with van der Waals surface area (Å²) in [5.74, 6) is 0. The van der Waals surface area contributed by atoms with Crippen LogP contribution in [-0.2, 0) is 6.54 Å². The molecule has 0 aliphatic rings. The van der Waals surface area contributed by atoms with E-state index in [0.717, 1.165) is 4.88 Å². The van der Waals surface area contributed by atoms with Gasteiger partial charge in [0, 0.05) is 29.7 Å². The van der Waals surface area contributed by atoms with Gasteiger partial charge in [0.1, 0.15) is 6.54 Å². The highest BCUT2D eigenvalue weighted by molar-refractivity contribution is 7.15. The van der Waals surface area contributed by atoms with Crippen molar-refractivity contribution in [3.63, 3.8) is 0 Å². The van der Waals surface area contributed by atoms with Gasteiger partial charge in [0.15, 0.2) is 5.13 Å². The van der Waals surface area contributed by atoms with Gasteiger partial charge in [-0.25, -0.2) is 4.98 Å². The minimum Gasteiger partial charge on any atom is -0.339 e. The van der Waals surface area contributed by atoms with Crippen molar-refractivity contribution in [3.05, 3.63) is 11.1 Å². The molecule has 0 unspecified atom stereocenters. The molecule has 3 nitrogen and oxygen atoms in total. The third-order valence-electron chi connectivity index (χ3n) is 2.47. The number of anilines is 1. The zero-order chi connectivity index (χ0) is 15.4. The summed E-state index contributed by atoms with van der Waals surface area (Å²) in [7, 11) is 0.